The molecule has 8 heteroatoms. The number of hydrogen-bond acceptors (Lipinski definition) is 5. The first-order valence-electron chi connectivity index (χ1n) is 7.70. The molecular formula is C17H16ClNO6. The molecule has 0 radical (unpaired) electrons. The van der Waals surface area contributed by atoms with E-state index in [2.05, 4.69) is 5.32 Å². The SMILES string of the molecule is O=C(O)c1coc(C(=O)Nc2cc(Cl)ccc2OCC2CCCO2)c1. The minimum absolute atomic E-state index is 0.0300. The average Bonchev–Trinajstić information content (AvgIpc) is 3.26. The van der Waals surface area contributed by atoms with Crippen LogP contribution in [0.5, 0.6) is 5.75 Å². The lowest BCUT2D eigenvalue weighted by atomic mass is 10.2. The second-order valence-corrected chi connectivity index (χ2v) is 5.98. The lowest BCUT2D eigenvalue weighted by Crippen LogP contribution is -2.18. The van der Waals surface area contributed by atoms with Crippen LogP contribution in [-0.2, 0) is 4.74 Å². The van der Waals surface area contributed by atoms with Crippen molar-refractivity contribution in [3.05, 3.63) is 46.9 Å². The Hall–Kier alpha value is -2.51. The van der Waals surface area contributed by atoms with Crippen molar-refractivity contribution in [2.24, 2.45) is 0 Å². The number of carbonyl (C=O) groups is 2. The van der Waals surface area contributed by atoms with E-state index in [1.165, 1.54) is 0 Å². The van der Waals surface area contributed by atoms with E-state index in [1.807, 2.05) is 0 Å². The predicted molar refractivity (Wildman–Crippen MR) is 89.5 cm³/mol. The van der Waals surface area contributed by atoms with E-state index in [1.54, 1.807) is 18.2 Å². The summed E-state index contributed by atoms with van der Waals surface area (Å²) < 4.78 is 16.2. The normalized spacial score (nSPS) is 16.6. The Kier molecular flexibility index (Phi) is 5.25. The number of ether oxygens (including phenoxy) is 2. The number of nitrogens with one attached hydrogen (secondary N) is 1. The third-order valence-corrected chi connectivity index (χ3v) is 3.94. The predicted octanol–water partition coefficient (Wildman–Crippen LogP) is 3.44. The molecule has 1 aromatic carbocycles. The van der Waals surface area contributed by atoms with Gasteiger partial charge in [-0.2, -0.15) is 0 Å². The van der Waals surface area contributed by atoms with Gasteiger partial charge in [-0.05, 0) is 31.0 Å². The smallest absolute Gasteiger partial charge is 0.338 e. The molecule has 1 aliphatic heterocycles. The van der Waals surface area contributed by atoms with Crippen LogP contribution in [0.4, 0.5) is 5.69 Å². The van der Waals surface area contributed by atoms with Crippen molar-refractivity contribution in [3.63, 3.8) is 0 Å². The zero-order valence-electron chi connectivity index (χ0n) is 13.2. The molecule has 1 aliphatic rings. The van der Waals surface area contributed by atoms with Gasteiger partial charge in [0.2, 0.25) is 0 Å². The van der Waals surface area contributed by atoms with E-state index in [0.29, 0.717) is 23.1 Å². The Morgan fingerprint density at radius 3 is 2.88 bits per heavy atom. The van der Waals surface area contributed by atoms with Crippen LogP contribution in [0, 0.1) is 0 Å². The van der Waals surface area contributed by atoms with Crippen molar-refractivity contribution in [2.75, 3.05) is 18.5 Å². The Balaban J connectivity index is 1.72. The molecule has 2 aromatic rings. The lowest BCUT2D eigenvalue weighted by molar-refractivity contribution is 0.0681. The molecule has 1 unspecified atom stereocenters. The molecule has 3 rings (SSSR count). The monoisotopic (exact) mass is 365 g/mol. The second kappa shape index (κ2) is 7.58. The lowest BCUT2D eigenvalue weighted by Gasteiger charge is -2.15. The summed E-state index contributed by atoms with van der Waals surface area (Å²) in [6.07, 6.45) is 2.97. The molecule has 7 nitrogen and oxygen atoms in total. The molecular weight excluding hydrogens is 350 g/mol. The van der Waals surface area contributed by atoms with Crippen molar-refractivity contribution < 1.29 is 28.6 Å². The van der Waals surface area contributed by atoms with Crippen LogP contribution in [0.1, 0.15) is 33.8 Å². The van der Waals surface area contributed by atoms with Gasteiger partial charge < -0.3 is 24.3 Å². The first-order chi connectivity index (χ1) is 12.0. The largest absolute Gasteiger partial charge is 0.489 e. The van der Waals surface area contributed by atoms with Crippen LogP contribution in [0.15, 0.2) is 34.9 Å². The van der Waals surface area contributed by atoms with E-state index in [4.69, 9.17) is 30.6 Å². The number of anilines is 1. The van der Waals surface area contributed by atoms with Crippen LogP contribution >= 0.6 is 11.6 Å². The van der Waals surface area contributed by atoms with Gasteiger partial charge in [0.15, 0.2) is 5.76 Å². The number of hydrogen-bond donors (Lipinski definition) is 2. The summed E-state index contributed by atoms with van der Waals surface area (Å²) in [6.45, 7) is 1.09. The number of amides is 1. The Labute approximate surface area is 148 Å². The van der Waals surface area contributed by atoms with Gasteiger partial charge in [0.1, 0.15) is 18.6 Å². The summed E-state index contributed by atoms with van der Waals surface area (Å²) in [7, 11) is 0. The molecule has 0 bridgehead atoms. The summed E-state index contributed by atoms with van der Waals surface area (Å²) in [5.74, 6) is -1.46. The number of rotatable bonds is 6. The maximum absolute atomic E-state index is 12.3. The van der Waals surface area contributed by atoms with E-state index < -0.39 is 11.9 Å². The zero-order chi connectivity index (χ0) is 17.8. The highest BCUT2D eigenvalue weighted by atomic mass is 35.5. The van der Waals surface area contributed by atoms with E-state index in [-0.39, 0.29) is 17.4 Å². The van der Waals surface area contributed by atoms with Gasteiger partial charge in [-0.3, -0.25) is 4.79 Å². The average molecular weight is 366 g/mol. The van der Waals surface area contributed by atoms with Gasteiger partial charge >= 0.3 is 5.97 Å². The van der Waals surface area contributed by atoms with Gasteiger partial charge in [-0.1, -0.05) is 11.6 Å². The minimum Gasteiger partial charge on any atom is -0.489 e. The Bertz CT molecular complexity index is 781. The van der Waals surface area contributed by atoms with Gasteiger partial charge in [0.05, 0.1) is 17.4 Å². The number of carboxylic acids is 1. The molecule has 2 N–H and O–H groups in total. The quantitative estimate of drug-likeness (QED) is 0.813. The third kappa shape index (κ3) is 4.32. The molecule has 1 amide bonds. The number of benzene rings is 1. The number of carboxylic acid groups (broad SMARTS) is 1. The number of aromatic carboxylic acids is 1. The van der Waals surface area contributed by atoms with Gasteiger partial charge in [-0.25, -0.2) is 4.79 Å². The topological polar surface area (TPSA) is 98.0 Å². The maximum atomic E-state index is 12.3. The van der Waals surface area contributed by atoms with E-state index >= 15 is 0 Å². The first kappa shape index (κ1) is 17.3. The number of furan rings is 1. The molecule has 0 saturated carbocycles. The Morgan fingerprint density at radius 1 is 1.36 bits per heavy atom. The molecule has 1 aromatic heterocycles. The Morgan fingerprint density at radius 2 is 2.20 bits per heavy atom. The van der Waals surface area contributed by atoms with Crippen molar-refractivity contribution >= 4 is 29.2 Å². The highest BCUT2D eigenvalue weighted by Crippen LogP contribution is 2.29. The number of halogens is 1. The van der Waals surface area contributed by atoms with Crippen LogP contribution in [0.2, 0.25) is 5.02 Å². The molecule has 0 aliphatic carbocycles. The zero-order valence-corrected chi connectivity index (χ0v) is 13.9. The second-order valence-electron chi connectivity index (χ2n) is 5.55. The molecule has 132 valence electrons. The van der Waals surface area contributed by atoms with Crippen LogP contribution in [-0.4, -0.2) is 36.3 Å². The maximum Gasteiger partial charge on any atom is 0.338 e. The van der Waals surface area contributed by atoms with Crippen LogP contribution < -0.4 is 10.1 Å². The molecule has 0 spiro atoms. The van der Waals surface area contributed by atoms with Crippen LogP contribution in [0.25, 0.3) is 0 Å². The fraction of sp³-hybridized carbons (Fsp3) is 0.294. The molecule has 2 heterocycles. The minimum atomic E-state index is -1.17. The first-order valence-corrected chi connectivity index (χ1v) is 8.08. The van der Waals surface area contributed by atoms with Crippen molar-refractivity contribution in [2.45, 2.75) is 18.9 Å². The van der Waals surface area contributed by atoms with Crippen LogP contribution in [0.3, 0.4) is 0 Å². The fourth-order valence-electron chi connectivity index (χ4n) is 2.44. The highest BCUT2D eigenvalue weighted by molar-refractivity contribution is 6.31. The summed E-state index contributed by atoms with van der Waals surface area (Å²) in [4.78, 5) is 23.1. The summed E-state index contributed by atoms with van der Waals surface area (Å²) in [5, 5.41) is 11.9. The van der Waals surface area contributed by atoms with Gasteiger partial charge in [-0.15, -0.1) is 0 Å². The summed E-state index contributed by atoms with van der Waals surface area (Å²) >= 11 is 5.99. The molecule has 1 saturated heterocycles. The van der Waals surface area contributed by atoms with Crippen molar-refractivity contribution in [1.82, 2.24) is 0 Å². The van der Waals surface area contributed by atoms with Gasteiger partial charge in [0, 0.05) is 17.7 Å². The standard InChI is InChI=1S/C17H16ClNO6/c18-11-3-4-14(25-9-12-2-1-5-23-12)13(7-11)19-16(20)15-6-10(8-24-15)17(21)22/h3-4,6-8,12H,1-2,5,9H2,(H,19,20)(H,21,22). The van der Waals surface area contributed by atoms with Gasteiger partial charge in [0.25, 0.3) is 5.91 Å². The third-order valence-electron chi connectivity index (χ3n) is 3.71. The molecule has 1 fully saturated rings. The summed E-state index contributed by atoms with van der Waals surface area (Å²) in [6, 6.07) is 6.00. The van der Waals surface area contributed by atoms with Crippen molar-refractivity contribution in [3.8, 4) is 5.75 Å². The molecule has 1 atom stereocenters. The van der Waals surface area contributed by atoms with Crippen molar-refractivity contribution in [1.29, 1.82) is 0 Å². The van der Waals surface area contributed by atoms with E-state index in [9.17, 15) is 9.59 Å². The fourth-order valence-corrected chi connectivity index (χ4v) is 2.61. The summed E-state index contributed by atoms with van der Waals surface area (Å²) in [5.41, 5.74) is 0.259. The number of carbonyl (C=O) groups excluding carboxylic acids is 1. The highest BCUT2D eigenvalue weighted by Gasteiger charge is 2.19. The molecule has 25 heavy (non-hydrogen) atoms. The van der Waals surface area contributed by atoms with E-state index in [0.717, 1.165) is 31.8 Å².